The van der Waals surface area contributed by atoms with Gasteiger partial charge in [0.25, 0.3) is 0 Å². The van der Waals surface area contributed by atoms with Gasteiger partial charge in [-0.25, -0.2) is 0 Å². The van der Waals surface area contributed by atoms with Crippen molar-refractivity contribution >= 4 is 17.5 Å². The number of unbranched alkanes of at least 4 members (excludes halogenated alkanes) is 1. The Kier molecular flexibility index (Phi) is 8.21. The number of carbonyl (C=O) groups is 1. The molecule has 2 heteroatoms. The van der Waals surface area contributed by atoms with Gasteiger partial charge in [-0.15, -0.1) is 0 Å². The van der Waals surface area contributed by atoms with Crippen LogP contribution >= 0.6 is 11.8 Å². The van der Waals surface area contributed by atoms with E-state index < -0.39 is 0 Å². The van der Waals surface area contributed by atoms with Crippen LogP contribution in [0.15, 0.2) is 12.2 Å². The summed E-state index contributed by atoms with van der Waals surface area (Å²) >= 11 is 1.95. The standard InChI is InChI=1S/C11H20OS/c1-4-6-9-13-11(5-2)8-7-10(3)12/h7-8,11H,4-6,9H2,1-3H3. The minimum Gasteiger partial charge on any atom is -0.295 e. The van der Waals surface area contributed by atoms with Gasteiger partial charge in [-0.05, 0) is 31.6 Å². The Hall–Kier alpha value is -0.240. The summed E-state index contributed by atoms with van der Waals surface area (Å²) in [6.07, 6.45) is 7.35. The van der Waals surface area contributed by atoms with E-state index in [1.165, 1.54) is 18.6 Å². The summed E-state index contributed by atoms with van der Waals surface area (Å²) in [6, 6.07) is 0. The average molecular weight is 200 g/mol. The largest absolute Gasteiger partial charge is 0.295 e. The first kappa shape index (κ1) is 12.8. The van der Waals surface area contributed by atoms with Gasteiger partial charge in [-0.3, -0.25) is 4.79 Å². The first-order chi connectivity index (χ1) is 6.20. The zero-order chi connectivity index (χ0) is 10.1. The molecule has 0 rings (SSSR count). The van der Waals surface area contributed by atoms with Gasteiger partial charge < -0.3 is 0 Å². The highest BCUT2D eigenvalue weighted by atomic mass is 32.2. The molecule has 0 saturated heterocycles. The lowest BCUT2D eigenvalue weighted by Gasteiger charge is -2.08. The van der Waals surface area contributed by atoms with Crippen LogP contribution in [0.3, 0.4) is 0 Å². The van der Waals surface area contributed by atoms with Crippen LogP contribution < -0.4 is 0 Å². The van der Waals surface area contributed by atoms with Crippen LogP contribution in [0.2, 0.25) is 0 Å². The maximum Gasteiger partial charge on any atom is 0.152 e. The van der Waals surface area contributed by atoms with E-state index in [1.54, 1.807) is 13.0 Å². The zero-order valence-corrected chi connectivity index (χ0v) is 9.69. The number of hydrogen-bond acceptors (Lipinski definition) is 2. The van der Waals surface area contributed by atoms with Crippen LogP contribution in [0, 0.1) is 0 Å². The van der Waals surface area contributed by atoms with Crippen molar-refractivity contribution in [2.45, 2.75) is 45.3 Å². The fraction of sp³-hybridized carbons (Fsp3) is 0.727. The van der Waals surface area contributed by atoms with Gasteiger partial charge in [0.2, 0.25) is 0 Å². The second-order valence-corrected chi connectivity index (χ2v) is 4.49. The Labute approximate surface area is 86.0 Å². The molecule has 0 amide bonds. The van der Waals surface area contributed by atoms with E-state index in [9.17, 15) is 4.79 Å². The van der Waals surface area contributed by atoms with Crippen molar-refractivity contribution in [2.75, 3.05) is 5.75 Å². The molecule has 0 N–H and O–H groups in total. The van der Waals surface area contributed by atoms with E-state index in [0.29, 0.717) is 5.25 Å². The summed E-state index contributed by atoms with van der Waals surface area (Å²) in [5, 5.41) is 0.524. The van der Waals surface area contributed by atoms with E-state index in [1.807, 2.05) is 17.8 Å². The molecule has 0 aromatic rings. The topological polar surface area (TPSA) is 17.1 Å². The van der Waals surface area contributed by atoms with E-state index in [0.717, 1.165) is 6.42 Å². The van der Waals surface area contributed by atoms with E-state index in [-0.39, 0.29) is 5.78 Å². The number of ketones is 1. The third-order valence-corrected chi connectivity index (χ3v) is 3.22. The number of carbonyl (C=O) groups excluding carboxylic acids is 1. The maximum atomic E-state index is 10.7. The van der Waals surface area contributed by atoms with Crippen molar-refractivity contribution in [1.29, 1.82) is 0 Å². The van der Waals surface area contributed by atoms with Crippen molar-refractivity contribution < 1.29 is 4.79 Å². The molecule has 76 valence electrons. The summed E-state index contributed by atoms with van der Waals surface area (Å²) in [7, 11) is 0. The number of thioether (sulfide) groups is 1. The molecule has 1 atom stereocenters. The highest BCUT2D eigenvalue weighted by Gasteiger charge is 2.01. The molecular weight excluding hydrogens is 180 g/mol. The van der Waals surface area contributed by atoms with E-state index in [2.05, 4.69) is 13.8 Å². The summed E-state index contributed by atoms with van der Waals surface area (Å²) in [5.41, 5.74) is 0. The average Bonchev–Trinajstić information content (AvgIpc) is 2.10. The number of allylic oxidation sites excluding steroid dienone is 1. The molecule has 1 nitrogen and oxygen atoms in total. The maximum absolute atomic E-state index is 10.7. The second-order valence-electron chi connectivity index (χ2n) is 3.14. The summed E-state index contributed by atoms with van der Waals surface area (Å²) in [5.74, 6) is 1.35. The SMILES string of the molecule is CCCCSC(C=CC(C)=O)CC. The minimum absolute atomic E-state index is 0.148. The summed E-state index contributed by atoms with van der Waals surface area (Å²) in [4.78, 5) is 10.7. The number of hydrogen-bond donors (Lipinski definition) is 0. The molecule has 0 aliphatic heterocycles. The Balaban J connectivity index is 3.69. The monoisotopic (exact) mass is 200 g/mol. The Morgan fingerprint density at radius 3 is 2.62 bits per heavy atom. The molecule has 0 aliphatic rings. The van der Waals surface area contributed by atoms with Gasteiger partial charge in [-0.2, -0.15) is 11.8 Å². The van der Waals surface area contributed by atoms with Gasteiger partial charge in [-0.1, -0.05) is 26.3 Å². The second kappa shape index (κ2) is 8.36. The molecule has 0 heterocycles. The molecule has 0 fully saturated rings. The van der Waals surface area contributed by atoms with Gasteiger partial charge in [0.05, 0.1) is 0 Å². The third kappa shape index (κ3) is 8.10. The summed E-state index contributed by atoms with van der Waals surface area (Å²) in [6.45, 7) is 5.96. The van der Waals surface area contributed by atoms with Crippen LogP contribution in [0.4, 0.5) is 0 Å². The lowest BCUT2D eigenvalue weighted by Crippen LogP contribution is -1.98. The van der Waals surface area contributed by atoms with Gasteiger partial charge in [0.1, 0.15) is 0 Å². The van der Waals surface area contributed by atoms with Crippen molar-refractivity contribution in [2.24, 2.45) is 0 Å². The van der Waals surface area contributed by atoms with Crippen molar-refractivity contribution in [3.63, 3.8) is 0 Å². The molecule has 1 unspecified atom stereocenters. The molecule has 0 radical (unpaired) electrons. The first-order valence-corrected chi connectivity index (χ1v) is 6.06. The molecule has 0 spiro atoms. The fourth-order valence-electron chi connectivity index (χ4n) is 0.931. The van der Waals surface area contributed by atoms with E-state index in [4.69, 9.17) is 0 Å². The number of rotatable bonds is 7. The third-order valence-electron chi connectivity index (χ3n) is 1.78. The minimum atomic E-state index is 0.148. The Morgan fingerprint density at radius 2 is 2.15 bits per heavy atom. The fourth-order valence-corrected chi connectivity index (χ4v) is 2.11. The molecule has 13 heavy (non-hydrogen) atoms. The quantitative estimate of drug-likeness (QED) is 0.462. The normalized spacial score (nSPS) is 13.5. The van der Waals surface area contributed by atoms with Crippen LogP contribution in [-0.4, -0.2) is 16.8 Å². The van der Waals surface area contributed by atoms with Crippen molar-refractivity contribution in [3.05, 3.63) is 12.2 Å². The molecular formula is C11H20OS. The van der Waals surface area contributed by atoms with E-state index >= 15 is 0 Å². The molecule has 0 saturated carbocycles. The van der Waals surface area contributed by atoms with Crippen LogP contribution in [0.5, 0.6) is 0 Å². The molecule has 0 aromatic heterocycles. The lowest BCUT2D eigenvalue weighted by molar-refractivity contribution is -0.112. The van der Waals surface area contributed by atoms with Crippen LogP contribution in [0.25, 0.3) is 0 Å². The predicted molar refractivity (Wildman–Crippen MR) is 61.3 cm³/mol. The van der Waals surface area contributed by atoms with Crippen molar-refractivity contribution in [1.82, 2.24) is 0 Å². The lowest BCUT2D eigenvalue weighted by atomic mass is 10.3. The smallest absolute Gasteiger partial charge is 0.152 e. The molecule has 0 bridgehead atoms. The van der Waals surface area contributed by atoms with Crippen molar-refractivity contribution in [3.8, 4) is 0 Å². The Bertz CT molecular complexity index is 163. The highest BCUT2D eigenvalue weighted by Crippen LogP contribution is 2.17. The van der Waals surface area contributed by atoms with Gasteiger partial charge in [0.15, 0.2) is 5.78 Å². The summed E-state index contributed by atoms with van der Waals surface area (Å²) < 4.78 is 0. The van der Waals surface area contributed by atoms with Crippen LogP contribution in [0.1, 0.15) is 40.0 Å². The van der Waals surface area contributed by atoms with Gasteiger partial charge in [0, 0.05) is 5.25 Å². The predicted octanol–water partition coefficient (Wildman–Crippen LogP) is 3.44. The molecule has 0 aliphatic carbocycles. The Morgan fingerprint density at radius 1 is 1.46 bits per heavy atom. The first-order valence-electron chi connectivity index (χ1n) is 5.01. The zero-order valence-electron chi connectivity index (χ0n) is 8.88. The highest BCUT2D eigenvalue weighted by molar-refractivity contribution is 8.00. The van der Waals surface area contributed by atoms with Gasteiger partial charge >= 0.3 is 0 Å². The van der Waals surface area contributed by atoms with Crippen LogP contribution in [-0.2, 0) is 4.79 Å². The molecule has 0 aromatic carbocycles.